The van der Waals surface area contributed by atoms with Crippen LogP contribution in [0.1, 0.15) is 62.5 Å². The molecule has 5 heteroatoms. The summed E-state index contributed by atoms with van der Waals surface area (Å²) in [6, 6.07) is 21.8. The highest BCUT2D eigenvalue weighted by molar-refractivity contribution is 6.18. The first kappa shape index (κ1) is 23.8. The molecule has 0 N–H and O–H groups in total. The van der Waals surface area contributed by atoms with E-state index < -0.39 is 17.3 Å². The van der Waals surface area contributed by atoms with Crippen LogP contribution in [0.15, 0.2) is 66.7 Å². The highest BCUT2D eigenvalue weighted by atomic mass is 16.2. The van der Waals surface area contributed by atoms with Gasteiger partial charge in [-0.1, -0.05) is 67.9 Å². The largest absolute Gasteiger partial charge is 0.307 e. The van der Waals surface area contributed by atoms with Crippen molar-refractivity contribution < 1.29 is 19.2 Å². The Morgan fingerprint density at radius 3 is 2.32 bits per heavy atom. The topological polar surface area (TPSA) is 71.5 Å². The molecule has 0 radical (unpaired) electrons. The van der Waals surface area contributed by atoms with Gasteiger partial charge in [-0.15, -0.1) is 0 Å². The first-order chi connectivity index (χ1) is 18.0. The summed E-state index contributed by atoms with van der Waals surface area (Å²) in [5.74, 6) is -2.59. The SMILES string of the molecule is CCC[C@@H]1CC(=O)[C@@H]([C@@H]2C(=O)N(Cc3ccc4ccccc4c3)c3ccccc32)C12C(=O)CCCC2=O. The summed E-state index contributed by atoms with van der Waals surface area (Å²) in [6.45, 7) is 2.38. The van der Waals surface area contributed by atoms with Crippen LogP contribution >= 0.6 is 0 Å². The van der Waals surface area contributed by atoms with Crippen molar-refractivity contribution in [2.45, 2.75) is 57.9 Å². The maximum absolute atomic E-state index is 14.2. The molecule has 3 aromatic rings. The molecule has 1 aliphatic heterocycles. The Labute approximate surface area is 216 Å². The zero-order valence-electron chi connectivity index (χ0n) is 21.1. The van der Waals surface area contributed by atoms with Crippen LogP contribution in [0.3, 0.4) is 0 Å². The van der Waals surface area contributed by atoms with Crippen LogP contribution in [-0.4, -0.2) is 23.3 Å². The molecule has 2 saturated carbocycles. The first-order valence-electron chi connectivity index (χ1n) is 13.4. The van der Waals surface area contributed by atoms with E-state index in [0.29, 0.717) is 32.2 Å². The average molecular weight is 494 g/mol. The van der Waals surface area contributed by atoms with Gasteiger partial charge in [-0.25, -0.2) is 0 Å². The van der Waals surface area contributed by atoms with Crippen LogP contribution in [0.25, 0.3) is 10.8 Å². The van der Waals surface area contributed by atoms with Crippen molar-refractivity contribution >= 4 is 39.7 Å². The minimum Gasteiger partial charge on any atom is -0.307 e. The lowest BCUT2D eigenvalue weighted by molar-refractivity contribution is -0.153. The Morgan fingerprint density at radius 1 is 0.865 bits per heavy atom. The summed E-state index contributed by atoms with van der Waals surface area (Å²) in [5.41, 5.74) is 1.15. The molecule has 37 heavy (non-hydrogen) atoms. The predicted molar refractivity (Wildman–Crippen MR) is 142 cm³/mol. The Kier molecular flexibility index (Phi) is 5.82. The van der Waals surface area contributed by atoms with Crippen molar-refractivity contribution in [3.63, 3.8) is 0 Å². The van der Waals surface area contributed by atoms with E-state index in [0.717, 1.165) is 34.0 Å². The van der Waals surface area contributed by atoms with Gasteiger partial charge in [0.05, 0.1) is 18.4 Å². The standard InChI is InChI=1S/C32H31NO4/c1-2-8-23-18-26(34)30(32(23)27(35)13-7-14-28(32)36)29-24-11-5-6-12-25(24)33(31(29)37)19-20-15-16-21-9-3-4-10-22(21)17-20/h3-6,9-12,15-17,23,29-30H,2,7-8,13-14,18-19H2,1H3/t23-,29-,30+/m1/s1. The first-order valence-corrected chi connectivity index (χ1v) is 13.4. The van der Waals surface area contributed by atoms with Crippen LogP contribution in [0.5, 0.6) is 0 Å². The minimum atomic E-state index is -1.36. The van der Waals surface area contributed by atoms with Gasteiger partial charge in [0.25, 0.3) is 0 Å². The van der Waals surface area contributed by atoms with Crippen LogP contribution in [0, 0.1) is 17.3 Å². The maximum atomic E-state index is 14.2. The van der Waals surface area contributed by atoms with E-state index in [4.69, 9.17) is 0 Å². The molecule has 3 aromatic carbocycles. The molecule has 2 aliphatic carbocycles. The average Bonchev–Trinajstić information content (AvgIpc) is 3.33. The van der Waals surface area contributed by atoms with Crippen molar-refractivity contribution in [2.75, 3.05) is 4.90 Å². The third kappa shape index (κ3) is 3.51. The summed E-state index contributed by atoms with van der Waals surface area (Å²) >= 11 is 0. The molecule has 0 unspecified atom stereocenters. The third-order valence-corrected chi connectivity index (χ3v) is 8.88. The normalized spacial score (nSPS) is 24.9. The van der Waals surface area contributed by atoms with Gasteiger partial charge >= 0.3 is 0 Å². The zero-order chi connectivity index (χ0) is 25.7. The zero-order valence-corrected chi connectivity index (χ0v) is 21.1. The second-order valence-corrected chi connectivity index (χ2v) is 10.8. The molecule has 5 nitrogen and oxygen atoms in total. The molecule has 1 amide bonds. The monoisotopic (exact) mass is 493 g/mol. The predicted octanol–water partition coefficient (Wildman–Crippen LogP) is 5.78. The number of fused-ring (bicyclic) bond motifs is 2. The molecule has 2 fully saturated rings. The fourth-order valence-electron chi connectivity index (χ4n) is 7.37. The highest BCUT2D eigenvalue weighted by Gasteiger charge is 2.67. The van der Waals surface area contributed by atoms with Crippen molar-refractivity contribution in [3.8, 4) is 0 Å². The fraction of sp³-hybridized carbons (Fsp3) is 0.375. The number of ketones is 3. The summed E-state index contributed by atoms with van der Waals surface area (Å²) < 4.78 is 0. The molecular weight excluding hydrogens is 462 g/mol. The molecule has 0 saturated heterocycles. The number of Topliss-reactive ketones (excluding diaryl/α,β-unsaturated/α-hetero) is 3. The summed E-state index contributed by atoms with van der Waals surface area (Å²) in [7, 11) is 0. The van der Waals surface area contributed by atoms with Gasteiger partial charge in [-0.05, 0) is 52.8 Å². The summed E-state index contributed by atoms with van der Waals surface area (Å²) in [4.78, 5) is 57.0. The van der Waals surface area contributed by atoms with E-state index in [1.165, 1.54) is 0 Å². The van der Waals surface area contributed by atoms with Crippen molar-refractivity contribution in [2.24, 2.45) is 17.3 Å². The molecular formula is C32H31NO4. The lowest BCUT2D eigenvalue weighted by atomic mass is 9.57. The molecule has 6 rings (SSSR count). The fourth-order valence-corrected chi connectivity index (χ4v) is 7.37. The van der Waals surface area contributed by atoms with Crippen LogP contribution in [0.4, 0.5) is 5.69 Å². The molecule has 1 spiro atoms. The van der Waals surface area contributed by atoms with Gasteiger partial charge in [0.2, 0.25) is 5.91 Å². The van der Waals surface area contributed by atoms with Gasteiger partial charge in [0.1, 0.15) is 22.8 Å². The minimum absolute atomic E-state index is 0.109. The van der Waals surface area contributed by atoms with Crippen molar-refractivity contribution in [1.29, 1.82) is 0 Å². The Balaban J connectivity index is 1.44. The van der Waals surface area contributed by atoms with Crippen LogP contribution in [0.2, 0.25) is 0 Å². The van der Waals surface area contributed by atoms with Gasteiger partial charge in [0, 0.05) is 24.9 Å². The van der Waals surface area contributed by atoms with E-state index >= 15 is 0 Å². The number of amides is 1. The van der Waals surface area contributed by atoms with E-state index in [1.807, 2.05) is 49.4 Å². The molecule has 0 bridgehead atoms. The van der Waals surface area contributed by atoms with Crippen LogP contribution in [-0.2, 0) is 25.7 Å². The molecule has 3 aliphatic rings. The number of benzene rings is 3. The maximum Gasteiger partial charge on any atom is 0.235 e. The smallest absolute Gasteiger partial charge is 0.235 e. The molecule has 1 heterocycles. The van der Waals surface area contributed by atoms with E-state index in [-0.39, 0.29) is 35.6 Å². The molecule has 0 aromatic heterocycles. The number of rotatable bonds is 5. The van der Waals surface area contributed by atoms with Gasteiger partial charge < -0.3 is 4.90 Å². The number of hydrogen-bond acceptors (Lipinski definition) is 4. The van der Waals surface area contributed by atoms with Crippen molar-refractivity contribution in [3.05, 3.63) is 77.9 Å². The number of carbonyl (C=O) groups excluding carboxylic acids is 4. The second kappa shape index (κ2) is 9.05. The summed E-state index contributed by atoms with van der Waals surface area (Å²) in [6.07, 6.45) is 2.77. The lowest BCUT2D eigenvalue weighted by Crippen LogP contribution is -2.53. The molecule has 3 atom stereocenters. The number of carbonyl (C=O) groups is 4. The third-order valence-electron chi connectivity index (χ3n) is 8.88. The summed E-state index contributed by atoms with van der Waals surface area (Å²) in [5, 5.41) is 2.23. The van der Waals surface area contributed by atoms with Gasteiger partial charge in [-0.2, -0.15) is 0 Å². The number of nitrogens with zero attached hydrogens (tertiary/aromatic N) is 1. The number of para-hydroxylation sites is 1. The van der Waals surface area contributed by atoms with Crippen LogP contribution < -0.4 is 4.90 Å². The Bertz CT molecular complexity index is 1420. The Morgan fingerprint density at radius 2 is 1.57 bits per heavy atom. The second-order valence-electron chi connectivity index (χ2n) is 10.8. The number of hydrogen-bond donors (Lipinski definition) is 0. The lowest BCUT2D eigenvalue weighted by Gasteiger charge is -2.41. The van der Waals surface area contributed by atoms with Crippen molar-refractivity contribution in [1.82, 2.24) is 0 Å². The van der Waals surface area contributed by atoms with E-state index in [1.54, 1.807) is 4.90 Å². The number of anilines is 1. The quantitative estimate of drug-likeness (QED) is 0.422. The highest BCUT2D eigenvalue weighted by Crippen LogP contribution is 2.59. The van der Waals surface area contributed by atoms with E-state index in [9.17, 15) is 19.2 Å². The van der Waals surface area contributed by atoms with Gasteiger partial charge in [-0.3, -0.25) is 19.2 Å². The molecule has 188 valence electrons. The Hall–Kier alpha value is -3.60. The van der Waals surface area contributed by atoms with E-state index in [2.05, 4.69) is 24.3 Å². The van der Waals surface area contributed by atoms with Gasteiger partial charge in [0.15, 0.2) is 0 Å².